The summed E-state index contributed by atoms with van der Waals surface area (Å²) in [5.74, 6) is 0.857. The molecular weight excluding hydrogens is 258 g/mol. The van der Waals surface area contributed by atoms with E-state index in [2.05, 4.69) is 13.8 Å². The molecule has 0 bridgehead atoms. The van der Waals surface area contributed by atoms with E-state index in [0.717, 1.165) is 24.2 Å². The van der Waals surface area contributed by atoms with Crippen LogP contribution in [0.3, 0.4) is 0 Å². The van der Waals surface area contributed by atoms with E-state index >= 15 is 0 Å². The Balaban J connectivity index is 2.26. The quantitative estimate of drug-likeness (QED) is 0.586. The van der Waals surface area contributed by atoms with Crippen molar-refractivity contribution >= 4 is 17.2 Å². The van der Waals surface area contributed by atoms with E-state index in [1.807, 2.05) is 24.3 Å². The Labute approximate surface area is 121 Å². The molecule has 0 spiro atoms. The molecule has 0 aliphatic rings. The predicted octanol–water partition coefficient (Wildman–Crippen LogP) is 3.30. The fourth-order valence-electron chi connectivity index (χ4n) is 1.69. The highest BCUT2D eigenvalue weighted by Crippen LogP contribution is 2.22. The van der Waals surface area contributed by atoms with Gasteiger partial charge < -0.3 is 15.2 Å². The Morgan fingerprint density at radius 2 is 2.11 bits per heavy atom. The average molecular weight is 281 g/mol. The van der Waals surface area contributed by atoms with E-state index < -0.39 is 0 Å². The molecule has 1 aromatic rings. The molecule has 0 saturated carbocycles. The van der Waals surface area contributed by atoms with Gasteiger partial charge in [-0.25, -0.2) is 0 Å². The number of rotatable bonds is 8. The molecular formula is C15H23NO2S. The van der Waals surface area contributed by atoms with Crippen molar-refractivity contribution in [3.8, 4) is 5.75 Å². The van der Waals surface area contributed by atoms with Gasteiger partial charge in [-0.05, 0) is 30.5 Å². The maximum atomic E-state index is 5.68. The minimum atomic E-state index is -0.0886. The molecule has 0 unspecified atom stereocenters. The fourth-order valence-corrected chi connectivity index (χ4v) is 1.79. The van der Waals surface area contributed by atoms with Crippen LogP contribution in [-0.2, 0) is 11.3 Å². The molecule has 0 fully saturated rings. The van der Waals surface area contributed by atoms with Crippen molar-refractivity contribution in [3.05, 3.63) is 29.8 Å². The van der Waals surface area contributed by atoms with E-state index in [0.29, 0.717) is 18.2 Å². The molecule has 0 aromatic heterocycles. The van der Waals surface area contributed by atoms with Gasteiger partial charge in [0.05, 0.1) is 18.7 Å². The first-order valence-electron chi connectivity index (χ1n) is 6.46. The molecule has 0 radical (unpaired) electrons. The Morgan fingerprint density at radius 3 is 2.74 bits per heavy atom. The van der Waals surface area contributed by atoms with E-state index in [1.54, 1.807) is 7.11 Å². The molecule has 19 heavy (non-hydrogen) atoms. The zero-order valence-corrected chi connectivity index (χ0v) is 12.8. The summed E-state index contributed by atoms with van der Waals surface area (Å²) in [7, 11) is 1.66. The SMILES string of the molecule is COc1cccc(COCCCC(C)(C)C(N)=S)c1. The number of ether oxygens (including phenoxy) is 2. The lowest BCUT2D eigenvalue weighted by atomic mass is 9.88. The van der Waals surface area contributed by atoms with Crippen molar-refractivity contribution in [1.82, 2.24) is 0 Å². The van der Waals surface area contributed by atoms with Crippen LogP contribution in [0.2, 0.25) is 0 Å². The van der Waals surface area contributed by atoms with Gasteiger partial charge in [-0.2, -0.15) is 0 Å². The molecule has 0 aliphatic carbocycles. The zero-order chi connectivity index (χ0) is 14.3. The summed E-state index contributed by atoms with van der Waals surface area (Å²) in [6.45, 7) is 5.45. The molecule has 0 aliphatic heterocycles. The van der Waals surface area contributed by atoms with Crippen molar-refractivity contribution in [2.24, 2.45) is 11.1 Å². The number of thiocarbonyl (C=S) groups is 1. The first kappa shape index (κ1) is 15.9. The van der Waals surface area contributed by atoms with E-state index in [4.69, 9.17) is 27.4 Å². The lowest BCUT2D eigenvalue weighted by Crippen LogP contribution is -2.29. The van der Waals surface area contributed by atoms with Gasteiger partial charge in [0.25, 0.3) is 0 Å². The number of hydrogen-bond acceptors (Lipinski definition) is 3. The third-order valence-electron chi connectivity index (χ3n) is 3.16. The van der Waals surface area contributed by atoms with Gasteiger partial charge >= 0.3 is 0 Å². The second-order valence-corrected chi connectivity index (χ2v) is 5.70. The monoisotopic (exact) mass is 281 g/mol. The number of benzene rings is 1. The predicted molar refractivity (Wildman–Crippen MR) is 82.5 cm³/mol. The van der Waals surface area contributed by atoms with Crippen molar-refractivity contribution in [3.63, 3.8) is 0 Å². The molecule has 1 aromatic carbocycles. The summed E-state index contributed by atoms with van der Waals surface area (Å²) in [6.07, 6.45) is 1.90. The molecule has 1 rings (SSSR count). The molecule has 0 amide bonds. The first-order chi connectivity index (χ1) is 8.95. The van der Waals surface area contributed by atoms with Crippen molar-refractivity contribution in [1.29, 1.82) is 0 Å². The van der Waals surface area contributed by atoms with Gasteiger partial charge in [0.15, 0.2) is 0 Å². The highest BCUT2D eigenvalue weighted by molar-refractivity contribution is 7.80. The van der Waals surface area contributed by atoms with Gasteiger partial charge in [-0.15, -0.1) is 0 Å². The molecule has 3 nitrogen and oxygen atoms in total. The van der Waals surface area contributed by atoms with Gasteiger partial charge in [-0.3, -0.25) is 0 Å². The average Bonchev–Trinajstić information content (AvgIpc) is 2.38. The second kappa shape index (κ2) is 7.46. The Hall–Kier alpha value is -1.13. The maximum absolute atomic E-state index is 5.68. The minimum absolute atomic E-state index is 0.0886. The van der Waals surface area contributed by atoms with Crippen molar-refractivity contribution < 1.29 is 9.47 Å². The summed E-state index contributed by atoms with van der Waals surface area (Å²) in [5, 5.41) is 0. The van der Waals surface area contributed by atoms with Gasteiger partial charge in [0, 0.05) is 12.0 Å². The van der Waals surface area contributed by atoms with Crippen LogP contribution < -0.4 is 10.5 Å². The van der Waals surface area contributed by atoms with Crippen LogP contribution in [-0.4, -0.2) is 18.7 Å². The topological polar surface area (TPSA) is 44.5 Å². The van der Waals surface area contributed by atoms with Crippen LogP contribution in [0.15, 0.2) is 24.3 Å². The molecule has 4 heteroatoms. The molecule has 106 valence electrons. The molecule has 2 N–H and O–H groups in total. The van der Waals surface area contributed by atoms with Crippen LogP contribution in [0.5, 0.6) is 5.75 Å². The van der Waals surface area contributed by atoms with Crippen LogP contribution in [0.25, 0.3) is 0 Å². The fraction of sp³-hybridized carbons (Fsp3) is 0.533. The molecule has 0 saturated heterocycles. The third-order valence-corrected chi connectivity index (χ3v) is 3.71. The largest absolute Gasteiger partial charge is 0.497 e. The minimum Gasteiger partial charge on any atom is -0.497 e. The standard InChI is InChI=1S/C15H23NO2S/c1-15(2,14(16)19)8-5-9-18-11-12-6-4-7-13(10-12)17-3/h4,6-7,10H,5,8-9,11H2,1-3H3,(H2,16,19). The van der Waals surface area contributed by atoms with Gasteiger partial charge in [0.2, 0.25) is 0 Å². The van der Waals surface area contributed by atoms with Crippen LogP contribution in [0.1, 0.15) is 32.3 Å². The number of methoxy groups -OCH3 is 1. The lowest BCUT2D eigenvalue weighted by Gasteiger charge is -2.22. The normalized spacial score (nSPS) is 11.3. The second-order valence-electron chi connectivity index (χ2n) is 5.26. The van der Waals surface area contributed by atoms with E-state index in [9.17, 15) is 0 Å². The van der Waals surface area contributed by atoms with E-state index in [1.165, 1.54) is 0 Å². The summed E-state index contributed by atoms with van der Waals surface area (Å²) < 4.78 is 10.8. The number of nitrogens with two attached hydrogens (primary N) is 1. The molecule has 0 atom stereocenters. The first-order valence-corrected chi connectivity index (χ1v) is 6.87. The summed E-state index contributed by atoms with van der Waals surface area (Å²) in [4.78, 5) is 0.570. The molecule has 0 heterocycles. The van der Waals surface area contributed by atoms with Crippen molar-refractivity contribution in [2.45, 2.75) is 33.3 Å². The highest BCUT2D eigenvalue weighted by atomic mass is 32.1. The zero-order valence-electron chi connectivity index (χ0n) is 11.9. The van der Waals surface area contributed by atoms with Crippen molar-refractivity contribution in [2.75, 3.05) is 13.7 Å². The van der Waals surface area contributed by atoms with Crippen LogP contribution >= 0.6 is 12.2 Å². The highest BCUT2D eigenvalue weighted by Gasteiger charge is 2.20. The van der Waals surface area contributed by atoms with Gasteiger partial charge in [0.1, 0.15) is 5.75 Å². The lowest BCUT2D eigenvalue weighted by molar-refractivity contribution is 0.112. The summed E-state index contributed by atoms with van der Waals surface area (Å²) >= 11 is 5.04. The van der Waals surface area contributed by atoms with Crippen LogP contribution in [0, 0.1) is 5.41 Å². The Morgan fingerprint density at radius 1 is 1.37 bits per heavy atom. The Bertz CT molecular complexity index is 418. The summed E-state index contributed by atoms with van der Waals surface area (Å²) in [6, 6.07) is 7.90. The number of hydrogen-bond donors (Lipinski definition) is 1. The third kappa shape index (κ3) is 5.57. The van der Waals surface area contributed by atoms with Gasteiger partial charge in [-0.1, -0.05) is 38.2 Å². The smallest absolute Gasteiger partial charge is 0.119 e. The summed E-state index contributed by atoms with van der Waals surface area (Å²) in [5.41, 5.74) is 6.71. The Kier molecular flexibility index (Phi) is 6.25. The maximum Gasteiger partial charge on any atom is 0.119 e. The van der Waals surface area contributed by atoms with Crippen LogP contribution in [0.4, 0.5) is 0 Å². The van der Waals surface area contributed by atoms with E-state index in [-0.39, 0.29) is 5.41 Å².